The predicted molar refractivity (Wildman–Crippen MR) is 76.0 cm³/mol. The minimum atomic E-state index is 0.681. The van der Waals surface area contributed by atoms with Crippen LogP contribution < -0.4 is 10.1 Å². The van der Waals surface area contributed by atoms with E-state index in [1.165, 1.54) is 0 Å². The molecule has 0 bridgehead atoms. The van der Waals surface area contributed by atoms with Gasteiger partial charge in [-0.15, -0.1) is 11.3 Å². The second kappa shape index (κ2) is 5.59. The number of fused-ring (bicyclic) bond motifs is 1. The Morgan fingerprint density at radius 3 is 3.10 bits per heavy atom. The molecule has 7 nitrogen and oxygen atoms in total. The molecular formula is C12H16N6OS. The van der Waals surface area contributed by atoms with Gasteiger partial charge in [0, 0.05) is 38.1 Å². The first-order valence-electron chi connectivity index (χ1n) is 6.31. The highest BCUT2D eigenvalue weighted by atomic mass is 32.1. The van der Waals surface area contributed by atoms with Gasteiger partial charge in [-0.05, 0) is 0 Å². The fourth-order valence-electron chi connectivity index (χ4n) is 2.04. The van der Waals surface area contributed by atoms with Crippen LogP contribution in [0.1, 0.15) is 11.5 Å². The highest BCUT2D eigenvalue weighted by Crippen LogP contribution is 2.22. The van der Waals surface area contributed by atoms with E-state index in [9.17, 15) is 0 Å². The third kappa shape index (κ3) is 2.52. The molecule has 0 aliphatic rings. The number of ether oxygens (including phenoxy) is 1. The van der Waals surface area contributed by atoms with Crippen molar-refractivity contribution >= 4 is 16.3 Å². The molecule has 0 saturated heterocycles. The first kappa shape index (κ1) is 13.1. The molecule has 0 aliphatic carbocycles. The van der Waals surface area contributed by atoms with Crippen molar-refractivity contribution in [3.63, 3.8) is 0 Å². The molecule has 3 aromatic rings. The summed E-state index contributed by atoms with van der Waals surface area (Å²) in [5, 5.41) is 9.64. The van der Waals surface area contributed by atoms with Gasteiger partial charge in [-0.25, -0.2) is 4.98 Å². The van der Waals surface area contributed by atoms with E-state index in [0.717, 1.165) is 29.4 Å². The standard InChI is InChI=1S/C12H16N6OS/c1-17-8-14-10(16-17)3-4-13-7-9-11(19-2)15-12-18(9)5-6-20-12/h5-6,8,13H,3-4,7H2,1-2H3. The van der Waals surface area contributed by atoms with Crippen molar-refractivity contribution in [3.05, 3.63) is 29.4 Å². The predicted octanol–water partition coefficient (Wildman–Crippen LogP) is 0.865. The Bertz CT molecular complexity index is 700. The Balaban J connectivity index is 1.60. The number of hydrogen-bond acceptors (Lipinski definition) is 6. The summed E-state index contributed by atoms with van der Waals surface area (Å²) < 4.78 is 9.08. The van der Waals surface area contributed by atoms with Gasteiger partial charge in [0.15, 0.2) is 10.8 Å². The number of aromatic nitrogens is 5. The van der Waals surface area contributed by atoms with Gasteiger partial charge in [-0.3, -0.25) is 9.08 Å². The van der Waals surface area contributed by atoms with Crippen LogP contribution in [-0.2, 0) is 20.0 Å². The Morgan fingerprint density at radius 1 is 1.45 bits per heavy atom. The molecule has 0 unspecified atom stereocenters. The fraction of sp³-hybridized carbons (Fsp3) is 0.417. The topological polar surface area (TPSA) is 69.3 Å². The largest absolute Gasteiger partial charge is 0.480 e. The minimum absolute atomic E-state index is 0.681. The van der Waals surface area contributed by atoms with Crippen molar-refractivity contribution in [3.8, 4) is 5.88 Å². The zero-order valence-corrected chi connectivity index (χ0v) is 12.2. The first-order chi connectivity index (χ1) is 9.78. The molecule has 0 amide bonds. The van der Waals surface area contributed by atoms with Gasteiger partial charge in [-0.2, -0.15) is 10.1 Å². The summed E-state index contributed by atoms with van der Waals surface area (Å²) in [7, 11) is 3.52. The van der Waals surface area contributed by atoms with E-state index in [1.54, 1.807) is 29.5 Å². The molecule has 0 fully saturated rings. The Morgan fingerprint density at radius 2 is 2.35 bits per heavy atom. The van der Waals surface area contributed by atoms with Crippen LogP contribution in [0, 0.1) is 0 Å². The van der Waals surface area contributed by atoms with E-state index >= 15 is 0 Å². The Labute approximate surface area is 120 Å². The first-order valence-corrected chi connectivity index (χ1v) is 7.19. The van der Waals surface area contributed by atoms with Gasteiger partial charge in [-0.1, -0.05) is 0 Å². The lowest BCUT2D eigenvalue weighted by molar-refractivity contribution is 0.393. The number of aryl methyl sites for hydroxylation is 1. The van der Waals surface area contributed by atoms with Crippen LogP contribution >= 0.6 is 11.3 Å². The lowest BCUT2D eigenvalue weighted by Gasteiger charge is -2.04. The molecule has 8 heteroatoms. The van der Waals surface area contributed by atoms with Crippen molar-refractivity contribution in [1.82, 2.24) is 29.5 Å². The summed E-state index contributed by atoms with van der Waals surface area (Å²) in [4.78, 5) is 9.57. The van der Waals surface area contributed by atoms with Crippen LogP contribution in [-0.4, -0.2) is 37.8 Å². The van der Waals surface area contributed by atoms with E-state index in [1.807, 2.05) is 18.6 Å². The van der Waals surface area contributed by atoms with Crippen LogP contribution in [0.5, 0.6) is 5.88 Å². The molecule has 106 valence electrons. The molecule has 0 radical (unpaired) electrons. The molecule has 3 rings (SSSR count). The van der Waals surface area contributed by atoms with Crippen molar-refractivity contribution < 1.29 is 4.74 Å². The number of imidazole rings is 1. The monoisotopic (exact) mass is 292 g/mol. The molecule has 3 aromatic heterocycles. The second-order valence-corrected chi connectivity index (χ2v) is 5.26. The van der Waals surface area contributed by atoms with E-state index in [2.05, 4.69) is 24.8 Å². The third-order valence-electron chi connectivity index (χ3n) is 2.98. The van der Waals surface area contributed by atoms with E-state index in [4.69, 9.17) is 4.74 Å². The third-order valence-corrected chi connectivity index (χ3v) is 3.74. The van der Waals surface area contributed by atoms with Crippen LogP contribution in [0.4, 0.5) is 0 Å². The van der Waals surface area contributed by atoms with Crippen LogP contribution in [0.2, 0.25) is 0 Å². The molecule has 20 heavy (non-hydrogen) atoms. The van der Waals surface area contributed by atoms with Crippen LogP contribution in [0.3, 0.4) is 0 Å². The summed E-state index contributed by atoms with van der Waals surface area (Å²) in [6, 6.07) is 0. The number of methoxy groups -OCH3 is 1. The quantitative estimate of drug-likeness (QED) is 0.683. The molecule has 3 heterocycles. The average molecular weight is 292 g/mol. The maximum atomic E-state index is 5.31. The minimum Gasteiger partial charge on any atom is -0.480 e. The van der Waals surface area contributed by atoms with Gasteiger partial charge in [0.25, 0.3) is 0 Å². The lowest BCUT2D eigenvalue weighted by Crippen LogP contribution is -2.18. The number of hydrogen-bond donors (Lipinski definition) is 1. The van der Waals surface area contributed by atoms with Crippen LogP contribution in [0.15, 0.2) is 17.9 Å². The van der Waals surface area contributed by atoms with Crippen molar-refractivity contribution in [2.24, 2.45) is 7.05 Å². The molecule has 0 spiro atoms. The molecule has 0 aromatic carbocycles. The maximum absolute atomic E-state index is 5.31. The number of thiazole rings is 1. The highest BCUT2D eigenvalue weighted by molar-refractivity contribution is 7.15. The summed E-state index contributed by atoms with van der Waals surface area (Å²) in [6.07, 6.45) is 4.52. The normalized spacial score (nSPS) is 11.3. The summed E-state index contributed by atoms with van der Waals surface area (Å²) in [5.74, 6) is 1.53. The van der Waals surface area contributed by atoms with Gasteiger partial charge in [0.1, 0.15) is 12.0 Å². The van der Waals surface area contributed by atoms with Crippen molar-refractivity contribution in [2.75, 3.05) is 13.7 Å². The van der Waals surface area contributed by atoms with Gasteiger partial charge < -0.3 is 10.1 Å². The average Bonchev–Trinajstić information content (AvgIpc) is 3.11. The fourth-order valence-corrected chi connectivity index (χ4v) is 2.77. The number of nitrogens with one attached hydrogen (secondary N) is 1. The smallest absolute Gasteiger partial charge is 0.237 e. The molecule has 0 saturated carbocycles. The zero-order chi connectivity index (χ0) is 13.9. The van der Waals surface area contributed by atoms with Gasteiger partial charge in [0.05, 0.1) is 7.11 Å². The summed E-state index contributed by atoms with van der Waals surface area (Å²) in [6.45, 7) is 1.51. The highest BCUT2D eigenvalue weighted by Gasteiger charge is 2.12. The van der Waals surface area contributed by atoms with E-state index in [-0.39, 0.29) is 0 Å². The Kier molecular flexibility index (Phi) is 3.66. The summed E-state index contributed by atoms with van der Waals surface area (Å²) in [5.41, 5.74) is 1.04. The molecular weight excluding hydrogens is 276 g/mol. The molecule has 1 N–H and O–H groups in total. The second-order valence-electron chi connectivity index (χ2n) is 4.38. The summed E-state index contributed by atoms with van der Waals surface area (Å²) >= 11 is 1.60. The lowest BCUT2D eigenvalue weighted by atomic mass is 10.4. The van der Waals surface area contributed by atoms with Gasteiger partial charge in [0.2, 0.25) is 5.88 Å². The van der Waals surface area contributed by atoms with Crippen molar-refractivity contribution in [1.29, 1.82) is 0 Å². The molecule has 0 atom stereocenters. The van der Waals surface area contributed by atoms with E-state index in [0.29, 0.717) is 12.4 Å². The van der Waals surface area contributed by atoms with Gasteiger partial charge >= 0.3 is 0 Å². The molecule has 0 aliphatic heterocycles. The number of nitrogens with zero attached hydrogens (tertiary/aromatic N) is 5. The Hall–Kier alpha value is -1.93. The SMILES string of the molecule is COc1nc2sccn2c1CNCCc1ncn(C)n1. The number of rotatable bonds is 6. The van der Waals surface area contributed by atoms with E-state index < -0.39 is 0 Å². The van der Waals surface area contributed by atoms with Crippen LogP contribution in [0.25, 0.3) is 4.96 Å². The maximum Gasteiger partial charge on any atom is 0.237 e. The zero-order valence-electron chi connectivity index (χ0n) is 11.4. The van der Waals surface area contributed by atoms with Crippen molar-refractivity contribution in [2.45, 2.75) is 13.0 Å².